The van der Waals surface area contributed by atoms with Gasteiger partial charge in [0.15, 0.2) is 5.56 Å². The van der Waals surface area contributed by atoms with E-state index in [-0.39, 0.29) is 23.5 Å². The normalized spacial score (nSPS) is 10.8. The van der Waals surface area contributed by atoms with E-state index >= 15 is 0 Å². The first-order valence-electron chi connectivity index (χ1n) is 7.19. The summed E-state index contributed by atoms with van der Waals surface area (Å²) >= 11 is 0. The monoisotopic (exact) mass is 328 g/mol. The molecule has 0 bridgehead atoms. The van der Waals surface area contributed by atoms with Crippen LogP contribution in [-0.4, -0.2) is 27.7 Å². The fraction of sp³-hybridized carbons (Fsp3) is 0.118. The Hall–Kier alpha value is -3.22. The first kappa shape index (κ1) is 15.7. The van der Waals surface area contributed by atoms with Gasteiger partial charge in [0.2, 0.25) is 0 Å². The van der Waals surface area contributed by atoms with Crippen LogP contribution in [0.5, 0.6) is 5.75 Å². The standard InChI is InChI=1S/C17H13FN2O4/c1-2-24-17(23)13-14(21)12-7-10(8-19-15(12)20-16(13)22)9-3-5-11(18)6-4-9/h3-8H,2H2,1H3,(H2,19,20,21,22). The average Bonchev–Trinajstić information content (AvgIpc) is 2.56. The van der Waals surface area contributed by atoms with Crippen LogP contribution >= 0.6 is 0 Å². The van der Waals surface area contributed by atoms with E-state index in [0.717, 1.165) is 0 Å². The highest BCUT2D eigenvalue weighted by Gasteiger charge is 2.21. The van der Waals surface area contributed by atoms with Crippen molar-refractivity contribution in [3.8, 4) is 16.9 Å². The molecule has 0 atom stereocenters. The number of hydrogen-bond acceptors (Lipinski definition) is 5. The van der Waals surface area contributed by atoms with Crippen molar-refractivity contribution in [3.05, 3.63) is 58.3 Å². The van der Waals surface area contributed by atoms with Crippen LogP contribution in [0.4, 0.5) is 4.39 Å². The molecule has 0 spiro atoms. The molecule has 2 aromatic heterocycles. The van der Waals surface area contributed by atoms with Gasteiger partial charge in [-0.1, -0.05) is 12.1 Å². The van der Waals surface area contributed by atoms with Crippen molar-refractivity contribution < 1.29 is 19.0 Å². The number of carbonyl (C=O) groups excluding carboxylic acids is 1. The first-order valence-corrected chi connectivity index (χ1v) is 7.19. The predicted molar refractivity (Wildman–Crippen MR) is 85.4 cm³/mol. The number of fused-ring (bicyclic) bond motifs is 1. The summed E-state index contributed by atoms with van der Waals surface area (Å²) in [5.74, 6) is -1.78. The van der Waals surface area contributed by atoms with E-state index in [2.05, 4.69) is 9.97 Å². The number of nitrogens with one attached hydrogen (secondary N) is 1. The Labute approximate surface area is 135 Å². The molecule has 0 aliphatic carbocycles. The van der Waals surface area contributed by atoms with Crippen molar-refractivity contribution in [2.75, 3.05) is 6.61 Å². The zero-order chi connectivity index (χ0) is 17.3. The summed E-state index contributed by atoms with van der Waals surface area (Å²) in [4.78, 5) is 30.3. The summed E-state index contributed by atoms with van der Waals surface area (Å²) in [5.41, 5.74) is 0.160. The molecule has 2 heterocycles. The van der Waals surface area contributed by atoms with Crippen LogP contribution in [0.15, 0.2) is 41.3 Å². The molecule has 2 N–H and O–H groups in total. The lowest BCUT2D eigenvalue weighted by Crippen LogP contribution is -2.20. The topological polar surface area (TPSA) is 92.3 Å². The van der Waals surface area contributed by atoms with Crippen LogP contribution in [0.3, 0.4) is 0 Å². The number of aromatic nitrogens is 2. The Balaban J connectivity index is 2.19. The Bertz CT molecular complexity index is 980. The number of benzene rings is 1. The lowest BCUT2D eigenvalue weighted by Gasteiger charge is -2.08. The van der Waals surface area contributed by atoms with Gasteiger partial charge in [0, 0.05) is 11.8 Å². The van der Waals surface area contributed by atoms with Crippen LogP contribution in [-0.2, 0) is 4.74 Å². The van der Waals surface area contributed by atoms with Crippen LogP contribution < -0.4 is 5.56 Å². The van der Waals surface area contributed by atoms with Crippen molar-refractivity contribution in [2.45, 2.75) is 6.92 Å². The van der Waals surface area contributed by atoms with E-state index in [1.165, 1.54) is 18.3 Å². The maximum absolute atomic E-state index is 13.0. The zero-order valence-corrected chi connectivity index (χ0v) is 12.7. The molecule has 0 saturated heterocycles. The molecule has 3 rings (SSSR count). The summed E-state index contributed by atoms with van der Waals surface area (Å²) < 4.78 is 17.8. The van der Waals surface area contributed by atoms with Crippen molar-refractivity contribution in [1.29, 1.82) is 0 Å². The SMILES string of the molecule is CCOC(=O)c1c(O)c2cc(-c3ccc(F)cc3)cnc2[nH]c1=O. The number of pyridine rings is 2. The van der Waals surface area contributed by atoms with Gasteiger partial charge in [-0.2, -0.15) is 0 Å². The number of H-pyrrole nitrogens is 1. The van der Waals surface area contributed by atoms with E-state index in [4.69, 9.17) is 4.74 Å². The molecule has 6 nitrogen and oxygen atoms in total. The van der Waals surface area contributed by atoms with Gasteiger partial charge in [-0.3, -0.25) is 4.79 Å². The minimum atomic E-state index is -0.912. The minimum Gasteiger partial charge on any atom is -0.506 e. The number of aromatic amines is 1. The summed E-state index contributed by atoms with van der Waals surface area (Å²) in [7, 11) is 0. The minimum absolute atomic E-state index is 0.0730. The summed E-state index contributed by atoms with van der Waals surface area (Å²) in [6.07, 6.45) is 1.48. The second-order valence-electron chi connectivity index (χ2n) is 5.03. The number of rotatable bonds is 3. The quantitative estimate of drug-likeness (QED) is 0.721. The number of halogens is 1. The Morgan fingerprint density at radius 3 is 2.67 bits per heavy atom. The molecule has 0 unspecified atom stereocenters. The van der Waals surface area contributed by atoms with Gasteiger partial charge >= 0.3 is 5.97 Å². The van der Waals surface area contributed by atoms with Crippen LogP contribution in [0.2, 0.25) is 0 Å². The average molecular weight is 328 g/mol. The highest BCUT2D eigenvalue weighted by Crippen LogP contribution is 2.28. The highest BCUT2D eigenvalue weighted by molar-refractivity contribution is 5.99. The smallest absolute Gasteiger partial charge is 0.347 e. The molecule has 0 fully saturated rings. The molecule has 24 heavy (non-hydrogen) atoms. The number of aromatic hydroxyl groups is 1. The number of ether oxygens (including phenoxy) is 1. The number of hydrogen-bond donors (Lipinski definition) is 2. The molecule has 1 aromatic carbocycles. The van der Waals surface area contributed by atoms with Gasteiger partial charge in [-0.15, -0.1) is 0 Å². The van der Waals surface area contributed by atoms with Gasteiger partial charge in [-0.05, 0) is 30.7 Å². The number of esters is 1. The zero-order valence-electron chi connectivity index (χ0n) is 12.7. The lowest BCUT2D eigenvalue weighted by atomic mass is 10.1. The van der Waals surface area contributed by atoms with E-state index in [1.807, 2.05) is 0 Å². The van der Waals surface area contributed by atoms with Crippen molar-refractivity contribution in [3.63, 3.8) is 0 Å². The first-order chi connectivity index (χ1) is 11.5. The molecule has 0 amide bonds. The second kappa shape index (κ2) is 6.11. The molecular weight excluding hydrogens is 315 g/mol. The Morgan fingerprint density at radius 1 is 1.29 bits per heavy atom. The molecule has 0 aliphatic heterocycles. The van der Waals surface area contributed by atoms with Crippen LogP contribution in [0.25, 0.3) is 22.2 Å². The van der Waals surface area contributed by atoms with E-state index in [0.29, 0.717) is 11.1 Å². The van der Waals surface area contributed by atoms with Gasteiger partial charge in [0.25, 0.3) is 5.56 Å². The van der Waals surface area contributed by atoms with Gasteiger partial charge in [0.05, 0.1) is 12.0 Å². The number of carbonyl (C=O) groups is 1. The van der Waals surface area contributed by atoms with Crippen molar-refractivity contribution in [2.24, 2.45) is 0 Å². The third-order valence-corrected chi connectivity index (χ3v) is 3.50. The summed E-state index contributed by atoms with van der Waals surface area (Å²) in [6, 6.07) is 7.29. The summed E-state index contributed by atoms with van der Waals surface area (Å²) in [6.45, 7) is 1.67. The van der Waals surface area contributed by atoms with E-state index in [9.17, 15) is 19.1 Å². The molecule has 0 radical (unpaired) electrons. The maximum Gasteiger partial charge on any atom is 0.347 e. The predicted octanol–water partition coefficient (Wildman–Crippen LogP) is 2.61. The molecule has 0 aliphatic rings. The fourth-order valence-electron chi connectivity index (χ4n) is 2.35. The van der Waals surface area contributed by atoms with Gasteiger partial charge < -0.3 is 14.8 Å². The lowest BCUT2D eigenvalue weighted by molar-refractivity contribution is 0.0521. The van der Waals surface area contributed by atoms with Gasteiger partial charge in [0.1, 0.15) is 17.2 Å². The molecule has 7 heteroatoms. The Morgan fingerprint density at radius 2 is 2.00 bits per heavy atom. The maximum atomic E-state index is 13.0. The molecular formula is C17H13FN2O4. The summed E-state index contributed by atoms with van der Waals surface area (Å²) in [5, 5.41) is 10.5. The largest absolute Gasteiger partial charge is 0.506 e. The molecule has 122 valence electrons. The van der Waals surface area contributed by atoms with E-state index < -0.39 is 22.8 Å². The van der Waals surface area contributed by atoms with Crippen LogP contribution in [0.1, 0.15) is 17.3 Å². The second-order valence-corrected chi connectivity index (χ2v) is 5.03. The van der Waals surface area contributed by atoms with Crippen molar-refractivity contribution in [1.82, 2.24) is 9.97 Å². The third-order valence-electron chi connectivity index (χ3n) is 3.50. The highest BCUT2D eigenvalue weighted by atomic mass is 19.1. The number of nitrogens with zero attached hydrogens (tertiary/aromatic N) is 1. The third kappa shape index (κ3) is 2.71. The van der Waals surface area contributed by atoms with Crippen LogP contribution in [0, 0.1) is 5.82 Å². The fourth-order valence-corrected chi connectivity index (χ4v) is 2.35. The van der Waals surface area contributed by atoms with Gasteiger partial charge in [-0.25, -0.2) is 14.2 Å². The van der Waals surface area contributed by atoms with E-state index in [1.54, 1.807) is 25.1 Å². The van der Waals surface area contributed by atoms with Crippen molar-refractivity contribution >= 4 is 17.0 Å². The molecule has 3 aromatic rings. The Kier molecular flexibility index (Phi) is 3.99. The molecule has 0 saturated carbocycles.